The Morgan fingerprint density at radius 1 is 1.32 bits per heavy atom. The van der Waals surface area contributed by atoms with Gasteiger partial charge in [0.25, 0.3) is 0 Å². The molecule has 4 fully saturated rings. The lowest BCUT2D eigenvalue weighted by Gasteiger charge is -2.62. The average molecular weight is 303 g/mol. The molecule has 0 aromatic heterocycles. The van der Waals surface area contributed by atoms with Crippen LogP contribution >= 0.6 is 0 Å². The van der Waals surface area contributed by atoms with Crippen molar-refractivity contribution >= 4 is 11.9 Å². The molecule has 4 aliphatic rings. The van der Waals surface area contributed by atoms with Crippen LogP contribution in [0.2, 0.25) is 0 Å². The summed E-state index contributed by atoms with van der Waals surface area (Å²) in [6, 6.07) is 2.40. The van der Waals surface area contributed by atoms with Crippen LogP contribution in [0, 0.1) is 33.5 Å². The summed E-state index contributed by atoms with van der Waals surface area (Å²) < 4.78 is 5.36. The molecule has 0 amide bonds. The Kier molecular flexibility index (Phi) is 3.14. The smallest absolute Gasteiger partial charge is 0.333 e. The largest absolute Gasteiger partial charge is 0.481 e. The maximum atomic E-state index is 11.9. The van der Waals surface area contributed by atoms with Gasteiger partial charge in [0.1, 0.15) is 0 Å². The van der Waals surface area contributed by atoms with E-state index in [-0.39, 0.29) is 17.9 Å². The summed E-state index contributed by atoms with van der Waals surface area (Å²) in [4.78, 5) is 23.6. The second-order valence-electron chi connectivity index (χ2n) is 7.84. The van der Waals surface area contributed by atoms with Crippen LogP contribution in [0.4, 0.5) is 0 Å². The first kappa shape index (κ1) is 15.1. The zero-order valence-electron chi connectivity index (χ0n) is 12.9. The van der Waals surface area contributed by atoms with Crippen LogP contribution in [0.25, 0.3) is 0 Å². The maximum Gasteiger partial charge on any atom is 0.333 e. The number of carbonyl (C=O) groups excluding carboxylic acids is 1. The minimum absolute atomic E-state index is 0.202. The Balaban J connectivity index is 1.89. The molecule has 0 radical (unpaired) electrons. The van der Waals surface area contributed by atoms with Crippen molar-refractivity contribution in [3.8, 4) is 6.07 Å². The Morgan fingerprint density at radius 3 is 2.64 bits per heavy atom. The number of nitrogens with zero attached hydrogens (tertiary/aromatic N) is 1. The molecule has 4 atom stereocenters. The van der Waals surface area contributed by atoms with E-state index in [1.165, 1.54) is 0 Å². The molecule has 4 unspecified atom stereocenters. The Labute approximate surface area is 129 Å². The van der Waals surface area contributed by atoms with Crippen LogP contribution in [0.5, 0.6) is 0 Å². The van der Waals surface area contributed by atoms with Gasteiger partial charge in [-0.05, 0) is 51.4 Å². The fourth-order valence-corrected chi connectivity index (χ4v) is 5.50. The Hall–Kier alpha value is -1.83. The van der Waals surface area contributed by atoms with Gasteiger partial charge in [-0.2, -0.15) is 5.26 Å². The van der Waals surface area contributed by atoms with E-state index in [9.17, 15) is 20.0 Å². The highest BCUT2D eigenvalue weighted by Gasteiger charge is 2.66. The van der Waals surface area contributed by atoms with Gasteiger partial charge in [-0.25, -0.2) is 4.79 Å². The monoisotopic (exact) mass is 303 g/mol. The fourth-order valence-electron chi connectivity index (χ4n) is 5.50. The van der Waals surface area contributed by atoms with Gasteiger partial charge in [0.2, 0.25) is 0 Å². The second kappa shape index (κ2) is 4.58. The number of aliphatic carboxylic acids is 1. The van der Waals surface area contributed by atoms with E-state index in [1.807, 2.05) is 0 Å². The van der Waals surface area contributed by atoms with E-state index in [4.69, 9.17) is 4.74 Å². The summed E-state index contributed by atoms with van der Waals surface area (Å²) >= 11 is 0. The lowest BCUT2D eigenvalue weighted by atomic mass is 9.40. The van der Waals surface area contributed by atoms with Crippen LogP contribution in [-0.2, 0) is 14.3 Å². The molecule has 118 valence electrons. The predicted octanol–water partition coefficient (Wildman–Crippen LogP) is 2.67. The Bertz CT molecular complexity index is 606. The van der Waals surface area contributed by atoms with Crippen molar-refractivity contribution in [2.75, 3.05) is 6.61 Å². The lowest BCUT2D eigenvalue weighted by Crippen LogP contribution is -2.60. The van der Waals surface area contributed by atoms with Crippen LogP contribution in [0.3, 0.4) is 0 Å². The molecule has 0 heterocycles. The SMILES string of the molecule is C=C(C)C(=O)OCC12CC3CC(C#N)(C1)CC(C(=O)O)(C3)C2. The van der Waals surface area contributed by atoms with Gasteiger partial charge >= 0.3 is 11.9 Å². The summed E-state index contributed by atoms with van der Waals surface area (Å²) in [5.41, 5.74) is -1.40. The van der Waals surface area contributed by atoms with Gasteiger partial charge in [-0.3, -0.25) is 4.79 Å². The number of carboxylic acids is 1. The molecule has 0 aromatic rings. The van der Waals surface area contributed by atoms with Crippen molar-refractivity contribution in [3.63, 3.8) is 0 Å². The van der Waals surface area contributed by atoms with E-state index < -0.39 is 22.8 Å². The van der Waals surface area contributed by atoms with Gasteiger partial charge < -0.3 is 9.84 Å². The summed E-state index contributed by atoms with van der Waals surface area (Å²) in [5.74, 6) is -0.992. The molecule has 4 rings (SSSR count). The molecule has 5 heteroatoms. The summed E-state index contributed by atoms with van der Waals surface area (Å²) in [6.07, 6.45) is 3.90. The molecular weight excluding hydrogens is 282 g/mol. The highest BCUT2D eigenvalue weighted by atomic mass is 16.5. The number of hydrogen-bond acceptors (Lipinski definition) is 4. The lowest BCUT2D eigenvalue weighted by molar-refractivity contribution is -0.192. The van der Waals surface area contributed by atoms with Gasteiger partial charge in [0.15, 0.2) is 0 Å². The summed E-state index contributed by atoms with van der Waals surface area (Å²) in [6.45, 7) is 5.37. The number of rotatable bonds is 4. The summed E-state index contributed by atoms with van der Waals surface area (Å²) in [7, 11) is 0. The average Bonchev–Trinajstić information content (AvgIpc) is 2.43. The van der Waals surface area contributed by atoms with Crippen molar-refractivity contribution < 1.29 is 19.4 Å². The van der Waals surface area contributed by atoms with Crippen LogP contribution in [0.1, 0.15) is 45.4 Å². The molecule has 4 aliphatic carbocycles. The number of ether oxygens (including phenoxy) is 1. The second-order valence-corrected chi connectivity index (χ2v) is 7.84. The van der Waals surface area contributed by atoms with Crippen molar-refractivity contribution in [2.45, 2.75) is 45.4 Å². The van der Waals surface area contributed by atoms with Crippen LogP contribution in [0.15, 0.2) is 12.2 Å². The van der Waals surface area contributed by atoms with E-state index >= 15 is 0 Å². The third kappa shape index (κ3) is 2.13. The zero-order valence-corrected chi connectivity index (χ0v) is 12.9. The first-order chi connectivity index (χ1) is 10.2. The molecule has 22 heavy (non-hydrogen) atoms. The van der Waals surface area contributed by atoms with Crippen LogP contribution < -0.4 is 0 Å². The van der Waals surface area contributed by atoms with Gasteiger partial charge in [-0.15, -0.1) is 0 Å². The normalized spacial score (nSPS) is 41.7. The van der Waals surface area contributed by atoms with Crippen molar-refractivity contribution in [1.82, 2.24) is 0 Å². The number of carbonyl (C=O) groups is 2. The number of esters is 1. The van der Waals surface area contributed by atoms with Crippen molar-refractivity contribution in [1.29, 1.82) is 5.26 Å². The summed E-state index contributed by atoms with van der Waals surface area (Å²) in [5, 5.41) is 19.4. The van der Waals surface area contributed by atoms with Gasteiger partial charge in [0.05, 0.1) is 23.5 Å². The third-order valence-corrected chi connectivity index (χ3v) is 5.73. The minimum atomic E-state index is -0.815. The highest BCUT2D eigenvalue weighted by Crippen LogP contribution is 2.69. The van der Waals surface area contributed by atoms with Crippen molar-refractivity contribution in [2.24, 2.45) is 22.2 Å². The predicted molar refractivity (Wildman–Crippen MR) is 77.5 cm³/mol. The van der Waals surface area contributed by atoms with E-state index in [0.29, 0.717) is 31.3 Å². The molecule has 0 aliphatic heterocycles. The topological polar surface area (TPSA) is 87.4 Å². The molecule has 1 N–H and O–H groups in total. The maximum absolute atomic E-state index is 11.9. The fraction of sp³-hybridized carbons (Fsp3) is 0.706. The third-order valence-electron chi connectivity index (χ3n) is 5.73. The molecule has 0 spiro atoms. The van der Waals surface area contributed by atoms with Gasteiger partial charge in [-0.1, -0.05) is 6.58 Å². The first-order valence-electron chi connectivity index (χ1n) is 7.71. The van der Waals surface area contributed by atoms with Crippen molar-refractivity contribution in [3.05, 3.63) is 12.2 Å². The number of nitriles is 1. The molecule has 4 bridgehead atoms. The molecule has 5 nitrogen and oxygen atoms in total. The number of hydrogen-bond donors (Lipinski definition) is 1. The minimum Gasteiger partial charge on any atom is -0.481 e. The van der Waals surface area contributed by atoms with Crippen LogP contribution in [-0.4, -0.2) is 23.7 Å². The standard InChI is InChI=1S/C17H21NO4/c1-11(2)13(19)22-10-16-4-12-3-15(6-16,9-18)7-17(5-12,8-16)14(20)21/h12H,1,3-8,10H2,2H3,(H,20,21). The molecule has 4 saturated carbocycles. The quantitative estimate of drug-likeness (QED) is 0.637. The molecule has 0 saturated heterocycles. The van der Waals surface area contributed by atoms with E-state index in [2.05, 4.69) is 12.6 Å². The molecular formula is C17H21NO4. The zero-order chi connectivity index (χ0) is 16.2. The van der Waals surface area contributed by atoms with E-state index in [0.717, 1.165) is 12.8 Å². The number of carboxylic acid groups (broad SMARTS) is 1. The van der Waals surface area contributed by atoms with Gasteiger partial charge in [0, 0.05) is 11.0 Å². The molecule has 0 aromatic carbocycles. The Morgan fingerprint density at radius 2 is 2.05 bits per heavy atom. The van der Waals surface area contributed by atoms with E-state index in [1.54, 1.807) is 6.92 Å². The first-order valence-corrected chi connectivity index (χ1v) is 7.71. The highest BCUT2D eigenvalue weighted by molar-refractivity contribution is 5.87.